The minimum atomic E-state index is 0.133. The summed E-state index contributed by atoms with van der Waals surface area (Å²) in [6, 6.07) is 0. The maximum absolute atomic E-state index is 6.74. The van der Waals surface area contributed by atoms with Crippen molar-refractivity contribution < 1.29 is 0 Å². The monoisotopic (exact) mass is 584 g/mol. The molecule has 242 valence electrons. The maximum Gasteiger partial charge on any atom is 0.0306 e. The number of unbranched alkanes of at least 4 members (excludes halogenated alkanes) is 29. The van der Waals surface area contributed by atoms with Crippen LogP contribution in [0.5, 0.6) is 0 Å². The van der Waals surface area contributed by atoms with Gasteiger partial charge >= 0.3 is 0 Å². The Morgan fingerprint density at radius 3 is 0.850 bits per heavy atom. The summed E-state index contributed by atoms with van der Waals surface area (Å²) in [6.45, 7) is 10.3. The Kier molecular flexibility index (Phi) is 32.4. The Morgan fingerprint density at radius 1 is 0.350 bits per heavy atom. The molecule has 0 amide bonds. The van der Waals surface area contributed by atoms with Gasteiger partial charge in [0, 0.05) is 12.1 Å². The van der Waals surface area contributed by atoms with Crippen molar-refractivity contribution in [3.63, 3.8) is 0 Å². The molecule has 0 aromatic rings. The zero-order chi connectivity index (χ0) is 29.4. The van der Waals surface area contributed by atoms with Gasteiger partial charge in [-0.3, -0.25) is 0 Å². The molecule has 0 aromatic heterocycles. The van der Waals surface area contributed by atoms with E-state index in [1.54, 1.807) is 0 Å². The molecule has 0 saturated carbocycles. The third kappa shape index (κ3) is 29.7. The van der Waals surface area contributed by atoms with Crippen molar-refractivity contribution in [1.82, 2.24) is 4.42 Å². The van der Waals surface area contributed by atoms with E-state index < -0.39 is 0 Å². The summed E-state index contributed by atoms with van der Waals surface area (Å²) < 4.78 is 2.13. The minimum Gasteiger partial charge on any atom is -0.215 e. The van der Waals surface area contributed by atoms with E-state index in [4.69, 9.17) is 11.8 Å². The van der Waals surface area contributed by atoms with Crippen LogP contribution in [0.3, 0.4) is 0 Å². The molecule has 0 unspecified atom stereocenters. The summed E-state index contributed by atoms with van der Waals surface area (Å²) in [7, 11) is 0. The van der Waals surface area contributed by atoms with Crippen LogP contribution < -0.4 is 0 Å². The molecule has 0 aromatic carbocycles. The first-order valence-corrected chi connectivity index (χ1v) is 19.3. The Morgan fingerprint density at radius 2 is 0.575 bits per heavy atom. The predicted molar refractivity (Wildman–Crippen MR) is 186 cm³/mol. The van der Waals surface area contributed by atoms with Crippen LogP contribution in [0.2, 0.25) is 0 Å². The lowest BCUT2D eigenvalue weighted by atomic mass is 9.95. The molecule has 0 rings (SSSR count). The van der Waals surface area contributed by atoms with Crippen LogP contribution in [0.15, 0.2) is 0 Å². The van der Waals surface area contributed by atoms with Crippen LogP contribution in [0.1, 0.15) is 233 Å². The van der Waals surface area contributed by atoms with Gasteiger partial charge in [0.2, 0.25) is 0 Å². The zero-order valence-electron chi connectivity index (χ0n) is 28.7. The molecule has 40 heavy (non-hydrogen) atoms. The molecule has 0 saturated heterocycles. The average molecular weight is 585 g/mol. The number of nitrogens with zero attached hydrogens (tertiary/aromatic N) is 1. The molecule has 0 atom stereocenters. The smallest absolute Gasteiger partial charge is 0.0306 e. The third-order valence-corrected chi connectivity index (χ3v) is 9.88. The highest BCUT2D eigenvalue weighted by Crippen LogP contribution is 2.25. The predicted octanol–water partition coefficient (Wildman–Crippen LogP) is 14.7. The van der Waals surface area contributed by atoms with E-state index in [2.05, 4.69) is 32.1 Å². The van der Waals surface area contributed by atoms with E-state index in [1.165, 1.54) is 205 Å². The fraction of sp³-hybridized carbons (Fsp3) is 1.00. The van der Waals surface area contributed by atoms with Crippen molar-refractivity contribution in [1.29, 1.82) is 0 Å². The lowest BCUT2D eigenvalue weighted by Gasteiger charge is -2.33. The number of halogens is 1. The molecule has 0 bridgehead atoms. The standard InChI is InChI=1S/C38H78ClN/c1-5-7-9-11-13-15-17-19-21-23-25-27-29-31-33-35-37-40(39)38(3,4)36-34-32-30-28-26-24-22-20-18-16-14-12-10-8-6-2/h5-37H2,1-4H3. The summed E-state index contributed by atoms with van der Waals surface area (Å²) in [5.41, 5.74) is 0.133. The van der Waals surface area contributed by atoms with Crippen molar-refractivity contribution in [2.24, 2.45) is 0 Å². The van der Waals surface area contributed by atoms with Crippen molar-refractivity contribution in [2.45, 2.75) is 239 Å². The molecular weight excluding hydrogens is 506 g/mol. The Bertz CT molecular complexity index is 462. The van der Waals surface area contributed by atoms with Crippen molar-refractivity contribution in [2.75, 3.05) is 6.54 Å². The van der Waals surface area contributed by atoms with E-state index in [1.807, 2.05) is 0 Å². The van der Waals surface area contributed by atoms with E-state index in [0.29, 0.717) is 0 Å². The number of hydrogen-bond donors (Lipinski definition) is 0. The van der Waals surface area contributed by atoms with Crippen molar-refractivity contribution >= 4 is 11.8 Å². The SMILES string of the molecule is CCCCCCCCCCCCCCCCCCN(Cl)C(C)(C)CCCCCCCCCCCCCCCCC. The number of hydrogen-bond acceptors (Lipinski definition) is 1. The van der Waals surface area contributed by atoms with Crippen LogP contribution in [0, 0.1) is 0 Å². The van der Waals surface area contributed by atoms with Gasteiger partial charge in [0.25, 0.3) is 0 Å². The van der Waals surface area contributed by atoms with Crippen molar-refractivity contribution in [3.8, 4) is 0 Å². The van der Waals surface area contributed by atoms with Gasteiger partial charge in [-0.1, -0.05) is 206 Å². The Labute approximate surface area is 260 Å². The van der Waals surface area contributed by atoms with E-state index >= 15 is 0 Å². The Hall–Kier alpha value is 0.250. The van der Waals surface area contributed by atoms with E-state index in [9.17, 15) is 0 Å². The van der Waals surface area contributed by atoms with Gasteiger partial charge in [-0.15, -0.1) is 0 Å². The quantitative estimate of drug-likeness (QED) is 0.0537. The first kappa shape index (κ1) is 40.2. The fourth-order valence-corrected chi connectivity index (χ4v) is 6.36. The second-order valence-electron chi connectivity index (χ2n) is 13.9. The van der Waals surface area contributed by atoms with Gasteiger partial charge in [-0.25, -0.2) is 4.42 Å². The molecular formula is C38H78ClN. The molecule has 0 N–H and O–H groups in total. The summed E-state index contributed by atoms with van der Waals surface area (Å²) in [6.07, 6.45) is 45.5. The molecule has 0 heterocycles. The lowest BCUT2D eigenvalue weighted by molar-refractivity contribution is 0.211. The highest BCUT2D eigenvalue weighted by Gasteiger charge is 2.24. The van der Waals surface area contributed by atoms with Gasteiger partial charge in [0.1, 0.15) is 0 Å². The molecule has 1 nitrogen and oxygen atoms in total. The first-order chi connectivity index (χ1) is 19.5. The second-order valence-corrected chi connectivity index (χ2v) is 14.3. The zero-order valence-corrected chi connectivity index (χ0v) is 29.4. The minimum absolute atomic E-state index is 0.133. The van der Waals surface area contributed by atoms with Crippen LogP contribution in [-0.2, 0) is 0 Å². The summed E-state index contributed by atoms with van der Waals surface area (Å²) in [5.74, 6) is 0. The van der Waals surface area contributed by atoms with Gasteiger partial charge in [0.05, 0.1) is 0 Å². The number of rotatable bonds is 34. The Balaban J connectivity index is 3.40. The normalized spacial score (nSPS) is 12.2. The van der Waals surface area contributed by atoms with E-state index in [-0.39, 0.29) is 5.54 Å². The van der Waals surface area contributed by atoms with Crippen LogP contribution >= 0.6 is 11.8 Å². The molecule has 0 aliphatic heterocycles. The largest absolute Gasteiger partial charge is 0.215 e. The van der Waals surface area contributed by atoms with Gasteiger partial charge < -0.3 is 0 Å². The van der Waals surface area contributed by atoms with Gasteiger partial charge in [0.15, 0.2) is 0 Å². The highest BCUT2D eigenvalue weighted by molar-refractivity contribution is 6.13. The molecule has 0 spiro atoms. The van der Waals surface area contributed by atoms with Crippen LogP contribution in [-0.4, -0.2) is 16.5 Å². The van der Waals surface area contributed by atoms with E-state index in [0.717, 1.165) is 6.54 Å². The summed E-state index contributed by atoms with van der Waals surface area (Å²) in [4.78, 5) is 0. The second kappa shape index (κ2) is 32.2. The average Bonchev–Trinajstić information content (AvgIpc) is 2.94. The molecule has 0 fully saturated rings. The van der Waals surface area contributed by atoms with Crippen molar-refractivity contribution in [3.05, 3.63) is 0 Å². The lowest BCUT2D eigenvalue weighted by Crippen LogP contribution is -2.37. The molecule has 2 heteroatoms. The maximum atomic E-state index is 6.74. The molecule has 0 radical (unpaired) electrons. The topological polar surface area (TPSA) is 3.24 Å². The van der Waals surface area contributed by atoms with Crippen LogP contribution in [0.25, 0.3) is 0 Å². The first-order valence-electron chi connectivity index (χ1n) is 19.0. The van der Waals surface area contributed by atoms with Crippen LogP contribution in [0.4, 0.5) is 0 Å². The van der Waals surface area contributed by atoms with Gasteiger partial charge in [-0.05, 0) is 38.5 Å². The third-order valence-electron chi connectivity index (χ3n) is 9.26. The van der Waals surface area contributed by atoms with Gasteiger partial charge in [-0.2, -0.15) is 0 Å². The summed E-state index contributed by atoms with van der Waals surface area (Å²) in [5, 5.41) is 0. The summed E-state index contributed by atoms with van der Waals surface area (Å²) >= 11 is 6.74. The molecule has 0 aliphatic rings. The fourth-order valence-electron chi connectivity index (χ4n) is 6.15. The molecule has 0 aliphatic carbocycles. The highest BCUT2D eigenvalue weighted by atomic mass is 35.5.